The number of carbonyl (C=O) groups is 2. The second kappa shape index (κ2) is 12.6. The lowest BCUT2D eigenvalue weighted by Gasteiger charge is -2.40. The Kier molecular flexibility index (Phi) is 8.26. The second-order valence-electron chi connectivity index (χ2n) is 12.7. The molecule has 1 N–H and O–H groups in total. The molecule has 4 aromatic carbocycles. The highest BCUT2D eigenvalue weighted by molar-refractivity contribution is 5.99. The predicted molar refractivity (Wildman–Crippen MR) is 181 cm³/mol. The standard InChI is InChI=1S/C39H42N4O3/c1-3-40-38(45)39(33-14-7-9-16-35(33)46-36-17-10-8-15-34(36)39)20-11-21-41-22-24-42(25-23-41)31-19-18-30-27-43(37(44)32(30)26-31)28(2)29-12-5-4-6-13-29/h4-10,12-19,26,28H,3,11,20-25,27H2,1-2H3,(H,40,45). The number of piperazine rings is 1. The van der Waals surface area contributed by atoms with E-state index in [1.807, 2.05) is 78.6 Å². The Morgan fingerprint density at radius 3 is 2.20 bits per heavy atom. The Bertz CT molecular complexity index is 1680. The number of ether oxygens (including phenoxy) is 1. The van der Waals surface area contributed by atoms with Crippen LogP contribution in [0.15, 0.2) is 97.1 Å². The summed E-state index contributed by atoms with van der Waals surface area (Å²) in [4.78, 5) is 34.3. The molecule has 0 aromatic heterocycles. The van der Waals surface area contributed by atoms with Gasteiger partial charge in [-0.3, -0.25) is 14.5 Å². The normalized spacial score (nSPS) is 17.5. The highest BCUT2D eigenvalue weighted by Gasteiger charge is 2.47. The van der Waals surface area contributed by atoms with E-state index in [2.05, 4.69) is 52.4 Å². The number of fused-ring (bicyclic) bond motifs is 3. The van der Waals surface area contributed by atoms with E-state index < -0.39 is 5.41 Å². The number of benzene rings is 4. The number of amides is 2. The minimum Gasteiger partial charge on any atom is -0.457 e. The molecule has 7 rings (SSSR count). The largest absolute Gasteiger partial charge is 0.457 e. The van der Waals surface area contributed by atoms with Crippen LogP contribution in [0.25, 0.3) is 0 Å². The van der Waals surface area contributed by atoms with Crippen molar-refractivity contribution >= 4 is 17.5 Å². The maximum absolute atomic E-state index is 13.9. The Balaban J connectivity index is 1.01. The van der Waals surface area contributed by atoms with Crippen molar-refractivity contribution in [3.05, 3.63) is 125 Å². The molecule has 1 saturated heterocycles. The maximum atomic E-state index is 13.9. The van der Waals surface area contributed by atoms with E-state index >= 15 is 0 Å². The van der Waals surface area contributed by atoms with Crippen molar-refractivity contribution in [3.8, 4) is 11.5 Å². The summed E-state index contributed by atoms with van der Waals surface area (Å²) in [6, 6.07) is 32.6. The number of rotatable bonds is 9. The van der Waals surface area contributed by atoms with Crippen LogP contribution >= 0.6 is 0 Å². The van der Waals surface area contributed by atoms with Crippen LogP contribution in [-0.4, -0.2) is 60.9 Å². The van der Waals surface area contributed by atoms with E-state index in [-0.39, 0.29) is 17.9 Å². The molecule has 4 aromatic rings. The van der Waals surface area contributed by atoms with Crippen molar-refractivity contribution in [1.29, 1.82) is 0 Å². The summed E-state index contributed by atoms with van der Waals surface area (Å²) in [5.74, 6) is 1.66. The van der Waals surface area contributed by atoms with Crippen LogP contribution in [0, 0.1) is 0 Å². The van der Waals surface area contributed by atoms with Crippen LogP contribution in [0.3, 0.4) is 0 Å². The average Bonchev–Trinajstić information content (AvgIpc) is 3.43. The summed E-state index contributed by atoms with van der Waals surface area (Å²) in [5.41, 5.74) is 5.28. The molecule has 0 spiro atoms. The fraction of sp³-hybridized carbons (Fsp3) is 0.333. The van der Waals surface area contributed by atoms with Gasteiger partial charge in [0.1, 0.15) is 16.9 Å². The molecule has 1 fully saturated rings. The van der Waals surface area contributed by atoms with Gasteiger partial charge in [-0.1, -0.05) is 72.8 Å². The zero-order valence-corrected chi connectivity index (χ0v) is 26.7. The molecule has 2 amide bonds. The number of hydrogen-bond acceptors (Lipinski definition) is 5. The van der Waals surface area contributed by atoms with Gasteiger partial charge in [0, 0.05) is 61.6 Å². The smallest absolute Gasteiger partial charge is 0.255 e. The van der Waals surface area contributed by atoms with Gasteiger partial charge in [0.15, 0.2) is 0 Å². The zero-order chi connectivity index (χ0) is 31.7. The van der Waals surface area contributed by atoms with E-state index in [0.29, 0.717) is 19.5 Å². The van der Waals surface area contributed by atoms with E-state index in [0.717, 1.165) is 84.1 Å². The highest BCUT2D eigenvalue weighted by Crippen LogP contribution is 2.50. The second-order valence-corrected chi connectivity index (χ2v) is 12.7. The third-order valence-corrected chi connectivity index (χ3v) is 10.1. The van der Waals surface area contributed by atoms with Crippen molar-refractivity contribution in [2.45, 2.75) is 44.7 Å². The minimum absolute atomic E-state index is 0.0309. The molecule has 0 aliphatic carbocycles. The van der Waals surface area contributed by atoms with Crippen LogP contribution in [0.1, 0.15) is 65.3 Å². The lowest BCUT2D eigenvalue weighted by Crippen LogP contribution is -2.49. The summed E-state index contributed by atoms with van der Waals surface area (Å²) in [6.07, 6.45) is 1.57. The first-order valence-electron chi connectivity index (χ1n) is 16.6. The van der Waals surface area contributed by atoms with Gasteiger partial charge in [-0.05, 0) is 68.6 Å². The lowest BCUT2D eigenvalue weighted by atomic mass is 9.68. The Morgan fingerprint density at radius 2 is 1.52 bits per heavy atom. The average molecular weight is 615 g/mol. The predicted octanol–water partition coefficient (Wildman–Crippen LogP) is 6.53. The topological polar surface area (TPSA) is 65.1 Å². The minimum atomic E-state index is -0.799. The number of hydrogen-bond donors (Lipinski definition) is 1. The number of anilines is 1. The first-order valence-corrected chi connectivity index (χ1v) is 16.6. The molecule has 1 atom stereocenters. The quantitative estimate of drug-likeness (QED) is 0.232. The first-order chi connectivity index (χ1) is 22.5. The number of carbonyl (C=O) groups excluding carboxylic acids is 2. The van der Waals surface area contributed by atoms with E-state index in [9.17, 15) is 9.59 Å². The molecule has 3 aliphatic rings. The van der Waals surface area contributed by atoms with Crippen molar-refractivity contribution in [1.82, 2.24) is 15.1 Å². The molecular formula is C39H42N4O3. The highest BCUT2D eigenvalue weighted by atomic mass is 16.5. The molecule has 7 heteroatoms. The monoisotopic (exact) mass is 614 g/mol. The third kappa shape index (κ3) is 5.32. The molecule has 0 saturated carbocycles. The molecule has 1 unspecified atom stereocenters. The lowest BCUT2D eigenvalue weighted by molar-refractivity contribution is -0.125. The molecular weight excluding hydrogens is 572 g/mol. The maximum Gasteiger partial charge on any atom is 0.255 e. The fourth-order valence-corrected chi connectivity index (χ4v) is 7.55. The van der Waals surface area contributed by atoms with Gasteiger partial charge in [-0.2, -0.15) is 0 Å². The van der Waals surface area contributed by atoms with Gasteiger partial charge >= 0.3 is 0 Å². The summed E-state index contributed by atoms with van der Waals surface area (Å²) in [7, 11) is 0. The van der Waals surface area contributed by atoms with Crippen LogP contribution in [0.4, 0.5) is 5.69 Å². The van der Waals surface area contributed by atoms with Gasteiger partial charge in [0.2, 0.25) is 5.91 Å². The molecule has 3 heterocycles. The molecule has 7 nitrogen and oxygen atoms in total. The van der Waals surface area contributed by atoms with Gasteiger partial charge < -0.3 is 19.9 Å². The number of nitrogens with one attached hydrogen (secondary N) is 1. The Morgan fingerprint density at radius 1 is 0.870 bits per heavy atom. The van der Waals surface area contributed by atoms with Crippen LogP contribution in [0.5, 0.6) is 11.5 Å². The van der Waals surface area contributed by atoms with Crippen molar-refractivity contribution in [2.24, 2.45) is 0 Å². The Hall–Kier alpha value is -4.62. The van der Waals surface area contributed by atoms with Gasteiger partial charge in [-0.25, -0.2) is 0 Å². The zero-order valence-electron chi connectivity index (χ0n) is 26.7. The fourth-order valence-electron chi connectivity index (χ4n) is 7.55. The Labute approximate surface area is 271 Å². The summed E-state index contributed by atoms with van der Waals surface area (Å²) < 4.78 is 6.26. The van der Waals surface area contributed by atoms with Crippen LogP contribution in [-0.2, 0) is 16.8 Å². The summed E-state index contributed by atoms with van der Waals surface area (Å²) in [6.45, 7) is 9.89. The van der Waals surface area contributed by atoms with Crippen molar-refractivity contribution in [2.75, 3.05) is 44.2 Å². The van der Waals surface area contributed by atoms with Gasteiger partial charge in [0.25, 0.3) is 5.91 Å². The molecule has 236 valence electrons. The SMILES string of the molecule is CCNC(=O)C1(CCCN2CCN(c3ccc4c(c3)C(=O)N(C(C)c3ccccc3)C4)CC2)c2ccccc2Oc2ccccc21. The summed E-state index contributed by atoms with van der Waals surface area (Å²) >= 11 is 0. The number of para-hydroxylation sites is 2. The van der Waals surface area contributed by atoms with Crippen molar-refractivity contribution < 1.29 is 14.3 Å². The van der Waals surface area contributed by atoms with E-state index in [1.165, 1.54) is 0 Å². The number of nitrogens with zero attached hydrogens (tertiary/aromatic N) is 3. The number of likely N-dealkylation sites (N-methyl/N-ethyl adjacent to an activating group) is 1. The van der Waals surface area contributed by atoms with E-state index in [4.69, 9.17) is 4.74 Å². The first kappa shape index (κ1) is 30.1. The van der Waals surface area contributed by atoms with Crippen LogP contribution in [0.2, 0.25) is 0 Å². The molecule has 46 heavy (non-hydrogen) atoms. The third-order valence-electron chi connectivity index (χ3n) is 10.1. The molecule has 0 radical (unpaired) electrons. The van der Waals surface area contributed by atoms with Gasteiger partial charge in [-0.15, -0.1) is 0 Å². The van der Waals surface area contributed by atoms with Crippen molar-refractivity contribution in [3.63, 3.8) is 0 Å². The van der Waals surface area contributed by atoms with E-state index in [1.54, 1.807) is 0 Å². The van der Waals surface area contributed by atoms with Crippen LogP contribution < -0.4 is 15.0 Å². The molecule has 0 bridgehead atoms. The van der Waals surface area contributed by atoms with Gasteiger partial charge in [0.05, 0.1) is 6.04 Å². The molecule has 3 aliphatic heterocycles. The summed E-state index contributed by atoms with van der Waals surface area (Å²) in [5, 5.41) is 3.15.